The quantitative estimate of drug-likeness (QED) is 0.297. The average molecular weight is 604 g/mol. The highest BCUT2D eigenvalue weighted by atomic mass is 79.9. The Morgan fingerprint density at radius 2 is 1.55 bits per heavy atom. The van der Waals surface area contributed by atoms with Gasteiger partial charge in [-0.25, -0.2) is 4.79 Å². The molecule has 0 aliphatic carbocycles. The van der Waals surface area contributed by atoms with Gasteiger partial charge in [0.25, 0.3) is 0 Å². The summed E-state index contributed by atoms with van der Waals surface area (Å²) in [4.78, 5) is 31.0. The minimum absolute atomic E-state index is 0.101. The number of likely N-dealkylation sites (tertiary alicyclic amines) is 2. The Hall–Kier alpha value is -3.16. The van der Waals surface area contributed by atoms with Crippen LogP contribution < -0.4 is 10.6 Å². The standard InChI is InChI=1S/C33H39BrN4O2/c1-24-7-6-8-25(2)30(24)36-32(40)35-29(27-9-4-3-5-10-27)15-19-37-20-16-33(17-21-37)18-22-38(31(33)39)23-26-11-13-28(34)14-12-26/h3-14,29H,15-23H2,1-2H3,(H2,35,36,40). The van der Waals surface area contributed by atoms with E-state index in [9.17, 15) is 9.59 Å². The van der Waals surface area contributed by atoms with Gasteiger partial charge in [-0.2, -0.15) is 0 Å². The number of para-hydroxylation sites is 1. The minimum atomic E-state index is -0.214. The molecular weight excluding hydrogens is 564 g/mol. The number of carbonyl (C=O) groups is 2. The van der Waals surface area contributed by atoms with E-state index in [1.807, 2.05) is 67.3 Å². The van der Waals surface area contributed by atoms with E-state index in [1.165, 1.54) is 5.56 Å². The van der Waals surface area contributed by atoms with E-state index >= 15 is 0 Å². The summed E-state index contributed by atoms with van der Waals surface area (Å²) < 4.78 is 1.06. The van der Waals surface area contributed by atoms with Gasteiger partial charge in [0.2, 0.25) is 5.91 Å². The summed E-state index contributed by atoms with van der Waals surface area (Å²) in [6.45, 7) is 8.24. The van der Waals surface area contributed by atoms with Gasteiger partial charge in [-0.1, -0.05) is 76.6 Å². The Kier molecular flexibility index (Phi) is 8.91. The fraction of sp³-hybridized carbons (Fsp3) is 0.394. The van der Waals surface area contributed by atoms with Crippen molar-refractivity contribution >= 4 is 33.6 Å². The van der Waals surface area contributed by atoms with Gasteiger partial charge in [-0.3, -0.25) is 4.79 Å². The van der Waals surface area contributed by atoms with Crippen molar-refractivity contribution in [1.82, 2.24) is 15.1 Å². The highest BCUT2D eigenvalue weighted by molar-refractivity contribution is 9.10. The molecule has 2 heterocycles. The highest BCUT2D eigenvalue weighted by Gasteiger charge is 2.47. The summed E-state index contributed by atoms with van der Waals surface area (Å²) in [6, 6.07) is 24.2. The molecule has 7 heteroatoms. The maximum atomic E-state index is 13.5. The summed E-state index contributed by atoms with van der Waals surface area (Å²) in [5.41, 5.74) is 5.02. The second kappa shape index (κ2) is 12.6. The van der Waals surface area contributed by atoms with Gasteiger partial charge < -0.3 is 20.4 Å². The van der Waals surface area contributed by atoms with Crippen LogP contribution in [0.3, 0.4) is 0 Å². The van der Waals surface area contributed by atoms with Crippen LogP contribution in [0.25, 0.3) is 0 Å². The number of benzene rings is 3. The first kappa shape index (κ1) is 28.4. The molecule has 2 N–H and O–H groups in total. The summed E-state index contributed by atoms with van der Waals surface area (Å²) in [7, 11) is 0. The monoisotopic (exact) mass is 602 g/mol. The smallest absolute Gasteiger partial charge is 0.319 e. The molecule has 1 atom stereocenters. The molecule has 3 amide bonds. The number of amides is 3. The predicted molar refractivity (Wildman–Crippen MR) is 164 cm³/mol. The van der Waals surface area contributed by atoms with Crippen LogP contribution >= 0.6 is 15.9 Å². The number of aryl methyl sites for hydroxylation is 2. The van der Waals surface area contributed by atoms with Crippen LogP contribution in [0.1, 0.15) is 54.0 Å². The molecule has 6 nitrogen and oxygen atoms in total. The lowest BCUT2D eigenvalue weighted by atomic mass is 9.77. The van der Waals surface area contributed by atoms with E-state index in [-0.39, 0.29) is 17.5 Å². The largest absolute Gasteiger partial charge is 0.338 e. The third kappa shape index (κ3) is 6.58. The van der Waals surface area contributed by atoms with Crippen LogP contribution in [-0.4, -0.2) is 47.9 Å². The number of nitrogens with one attached hydrogen (secondary N) is 2. The lowest BCUT2D eigenvalue weighted by Gasteiger charge is -2.38. The molecule has 1 unspecified atom stereocenters. The summed E-state index contributed by atoms with van der Waals surface area (Å²) in [5, 5.41) is 6.29. The SMILES string of the molecule is Cc1cccc(C)c1NC(=O)NC(CCN1CCC2(CC1)CCN(Cc1ccc(Br)cc1)C2=O)c1ccccc1. The van der Waals surface area contributed by atoms with Gasteiger partial charge >= 0.3 is 6.03 Å². The zero-order chi connectivity index (χ0) is 28.1. The molecule has 0 radical (unpaired) electrons. The van der Waals surface area contributed by atoms with E-state index in [1.54, 1.807) is 0 Å². The van der Waals surface area contributed by atoms with E-state index in [0.29, 0.717) is 12.5 Å². The number of hydrogen-bond acceptors (Lipinski definition) is 3. The number of rotatable bonds is 8. The van der Waals surface area contributed by atoms with E-state index in [0.717, 1.165) is 78.7 Å². The Balaban J connectivity index is 1.16. The molecule has 5 rings (SSSR count). The first-order chi connectivity index (χ1) is 19.3. The summed E-state index contributed by atoms with van der Waals surface area (Å²) in [6.07, 6.45) is 3.56. The van der Waals surface area contributed by atoms with Crippen LogP contribution in [0.15, 0.2) is 77.3 Å². The minimum Gasteiger partial charge on any atom is -0.338 e. The molecule has 2 aliphatic heterocycles. The molecule has 0 saturated carbocycles. The number of carbonyl (C=O) groups excluding carboxylic acids is 2. The number of halogens is 1. The van der Waals surface area contributed by atoms with Gasteiger partial charge in [0.15, 0.2) is 0 Å². The van der Waals surface area contributed by atoms with Gasteiger partial charge in [-0.15, -0.1) is 0 Å². The molecule has 0 bridgehead atoms. The van der Waals surface area contributed by atoms with Crippen LogP contribution in [0.2, 0.25) is 0 Å². The van der Waals surface area contributed by atoms with Crippen LogP contribution in [0, 0.1) is 19.3 Å². The van der Waals surface area contributed by atoms with Gasteiger partial charge in [0.1, 0.15) is 0 Å². The Morgan fingerprint density at radius 3 is 2.23 bits per heavy atom. The topological polar surface area (TPSA) is 64.7 Å². The van der Waals surface area contributed by atoms with Crippen LogP contribution in [-0.2, 0) is 11.3 Å². The molecule has 3 aromatic carbocycles. The normalized spacial score (nSPS) is 17.7. The van der Waals surface area contributed by atoms with Crippen molar-refractivity contribution < 1.29 is 9.59 Å². The first-order valence-corrected chi connectivity index (χ1v) is 15.1. The van der Waals surface area contributed by atoms with E-state index in [2.05, 4.69) is 55.7 Å². The fourth-order valence-electron chi connectivity index (χ4n) is 6.16. The van der Waals surface area contributed by atoms with Crippen LogP contribution in [0.4, 0.5) is 10.5 Å². The molecule has 2 fully saturated rings. The Bertz CT molecular complexity index is 1300. The molecule has 3 aromatic rings. The van der Waals surface area contributed by atoms with Crippen LogP contribution in [0.5, 0.6) is 0 Å². The van der Waals surface area contributed by atoms with Gasteiger partial charge in [-0.05, 0) is 87.0 Å². The van der Waals surface area contributed by atoms with Crippen molar-refractivity contribution in [2.24, 2.45) is 5.41 Å². The molecule has 210 valence electrons. The van der Waals surface area contributed by atoms with Gasteiger partial charge in [0.05, 0.1) is 11.5 Å². The third-order valence-corrected chi connectivity index (χ3v) is 9.19. The maximum Gasteiger partial charge on any atom is 0.319 e. The average Bonchev–Trinajstić information content (AvgIpc) is 3.25. The lowest BCUT2D eigenvalue weighted by molar-refractivity contribution is -0.138. The molecule has 40 heavy (non-hydrogen) atoms. The highest BCUT2D eigenvalue weighted by Crippen LogP contribution is 2.42. The molecular formula is C33H39BrN4O2. The van der Waals surface area contributed by atoms with Crippen molar-refractivity contribution in [2.45, 2.75) is 52.1 Å². The summed E-state index contributed by atoms with van der Waals surface area (Å²) in [5.74, 6) is 0.321. The molecule has 0 aromatic heterocycles. The fourth-order valence-corrected chi connectivity index (χ4v) is 6.43. The Morgan fingerprint density at radius 1 is 0.900 bits per heavy atom. The number of hydrogen-bond donors (Lipinski definition) is 2. The second-order valence-electron chi connectivity index (χ2n) is 11.3. The number of anilines is 1. The third-order valence-electron chi connectivity index (χ3n) is 8.66. The van der Waals surface area contributed by atoms with Crippen molar-refractivity contribution in [1.29, 1.82) is 0 Å². The maximum absolute atomic E-state index is 13.5. The predicted octanol–water partition coefficient (Wildman–Crippen LogP) is 6.83. The van der Waals surface area contributed by atoms with E-state index < -0.39 is 0 Å². The van der Waals surface area contributed by atoms with Crippen molar-refractivity contribution in [3.05, 3.63) is 99.5 Å². The first-order valence-electron chi connectivity index (χ1n) is 14.3. The molecule has 2 saturated heterocycles. The van der Waals surface area contributed by atoms with Crippen molar-refractivity contribution in [3.63, 3.8) is 0 Å². The second-order valence-corrected chi connectivity index (χ2v) is 12.3. The van der Waals surface area contributed by atoms with Crippen molar-refractivity contribution in [3.8, 4) is 0 Å². The zero-order valence-electron chi connectivity index (χ0n) is 23.5. The van der Waals surface area contributed by atoms with Gasteiger partial charge in [0, 0.05) is 29.8 Å². The number of urea groups is 1. The van der Waals surface area contributed by atoms with E-state index in [4.69, 9.17) is 0 Å². The number of piperidine rings is 1. The zero-order valence-corrected chi connectivity index (χ0v) is 25.0. The molecule has 2 aliphatic rings. The summed E-state index contributed by atoms with van der Waals surface area (Å²) >= 11 is 3.49. The van der Waals surface area contributed by atoms with Crippen molar-refractivity contribution in [2.75, 3.05) is 31.5 Å². The lowest BCUT2D eigenvalue weighted by Crippen LogP contribution is -2.45. The Labute approximate surface area is 246 Å². The molecule has 1 spiro atoms. The number of nitrogens with zero attached hydrogens (tertiary/aromatic N) is 2.